The van der Waals surface area contributed by atoms with Gasteiger partial charge in [-0.15, -0.1) is 0 Å². The fourth-order valence-corrected chi connectivity index (χ4v) is 4.41. The molecule has 3 aromatic rings. The zero-order valence-corrected chi connectivity index (χ0v) is 19.0. The minimum absolute atomic E-state index is 0.0632. The molecule has 4 heteroatoms. The van der Waals surface area contributed by atoms with Crippen molar-refractivity contribution in [2.45, 2.75) is 44.6 Å². The predicted octanol–water partition coefficient (Wildman–Crippen LogP) is 4.81. The molecule has 1 heterocycles. The molecule has 1 aliphatic heterocycles. The van der Waals surface area contributed by atoms with Crippen molar-refractivity contribution in [2.75, 3.05) is 19.7 Å². The van der Waals surface area contributed by atoms with Crippen LogP contribution in [0.5, 0.6) is 5.75 Å². The Bertz CT molecular complexity index is 976. The second-order valence-corrected chi connectivity index (χ2v) is 8.82. The van der Waals surface area contributed by atoms with E-state index in [0.717, 1.165) is 30.0 Å². The van der Waals surface area contributed by atoms with Crippen molar-refractivity contribution in [1.82, 2.24) is 4.90 Å². The molecule has 0 bridgehead atoms. The molecule has 4 rings (SSSR count). The maximum absolute atomic E-state index is 12.2. The van der Waals surface area contributed by atoms with Crippen molar-refractivity contribution in [3.05, 3.63) is 102 Å². The van der Waals surface area contributed by atoms with Crippen LogP contribution in [0, 0.1) is 0 Å². The van der Waals surface area contributed by atoms with Gasteiger partial charge in [-0.3, -0.25) is 4.90 Å². The van der Waals surface area contributed by atoms with Crippen LogP contribution in [0.4, 0.5) is 0 Å². The lowest BCUT2D eigenvalue weighted by Gasteiger charge is -2.42. The molecule has 1 saturated heterocycles. The highest BCUT2D eigenvalue weighted by Crippen LogP contribution is 2.36. The van der Waals surface area contributed by atoms with Gasteiger partial charge in [-0.25, -0.2) is 0 Å². The molecule has 1 unspecified atom stereocenters. The lowest BCUT2D eigenvalue weighted by Crippen LogP contribution is -2.53. The van der Waals surface area contributed by atoms with Crippen molar-refractivity contribution < 1.29 is 14.6 Å². The molecule has 0 saturated carbocycles. The zero-order valence-electron chi connectivity index (χ0n) is 19.0. The molecule has 168 valence electrons. The van der Waals surface area contributed by atoms with Gasteiger partial charge in [0.2, 0.25) is 0 Å². The van der Waals surface area contributed by atoms with E-state index < -0.39 is 5.60 Å². The first-order valence-corrected chi connectivity index (χ1v) is 11.4. The Morgan fingerprint density at radius 1 is 0.969 bits per heavy atom. The molecule has 0 aromatic heterocycles. The Hall–Kier alpha value is -2.66. The first kappa shape index (κ1) is 22.5. The first-order valence-electron chi connectivity index (χ1n) is 11.4. The molecule has 32 heavy (non-hydrogen) atoms. The SMILES string of the molecule is CC(C)Oc1ccccc1CC(O)(c1ccccc1)[C@@H]1CN(Cc2ccccc2)CCO1. The van der Waals surface area contributed by atoms with Gasteiger partial charge in [0.25, 0.3) is 0 Å². The monoisotopic (exact) mass is 431 g/mol. The topological polar surface area (TPSA) is 41.9 Å². The summed E-state index contributed by atoms with van der Waals surface area (Å²) in [4.78, 5) is 2.37. The summed E-state index contributed by atoms with van der Waals surface area (Å²) >= 11 is 0. The van der Waals surface area contributed by atoms with E-state index in [-0.39, 0.29) is 12.2 Å². The Balaban J connectivity index is 1.62. The highest BCUT2D eigenvalue weighted by Gasteiger charge is 2.42. The third-order valence-corrected chi connectivity index (χ3v) is 6.00. The second-order valence-electron chi connectivity index (χ2n) is 8.82. The van der Waals surface area contributed by atoms with E-state index in [1.807, 2.05) is 74.5 Å². The minimum atomic E-state index is -1.17. The fraction of sp³-hybridized carbons (Fsp3) is 0.357. The van der Waals surface area contributed by atoms with Crippen molar-refractivity contribution in [3.63, 3.8) is 0 Å². The van der Waals surface area contributed by atoms with Crippen LogP contribution in [0.25, 0.3) is 0 Å². The third-order valence-electron chi connectivity index (χ3n) is 6.00. The van der Waals surface area contributed by atoms with Crippen LogP contribution < -0.4 is 4.74 Å². The molecule has 0 radical (unpaired) electrons. The van der Waals surface area contributed by atoms with E-state index in [1.54, 1.807) is 0 Å². The summed E-state index contributed by atoms with van der Waals surface area (Å²) in [5.41, 5.74) is 1.95. The van der Waals surface area contributed by atoms with Crippen LogP contribution in [-0.2, 0) is 23.3 Å². The number of hydrogen-bond donors (Lipinski definition) is 1. The van der Waals surface area contributed by atoms with Gasteiger partial charge < -0.3 is 14.6 Å². The van der Waals surface area contributed by atoms with Gasteiger partial charge in [-0.05, 0) is 36.6 Å². The van der Waals surface area contributed by atoms with Crippen LogP contribution in [0.15, 0.2) is 84.9 Å². The molecule has 0 amide bonds. The second kappa shape index (κ2) is 10.3. The standard InChI is InChI=1S/C28H33NO3/c1-22(2)32-26-16-10-9-13-24(26)19-28(30,25-14-7-4-8-15-25)27-21-29(17-18-31-27)20-23-11-5-3-6-12-23/h3-16,22,27,30H,17-21H2,1-2H3/t27-,28?/m0/s1. The molecule has 1 fully saturated rings. The first-order chi connectivity index (χ1) is 15.5. The Kier molecular flexibility index (Phi) is 7.26. The zero-order chi connectivity index (χ0) is 22.4. The third kappa shape index (κ3) is 5.39. The summed E-state index contributed by atoms with van der Waals surface area (Å²) in [7, 11) is 0. The van der Waals surface area contributed by atoms with E-state index in [0.29, 0.717) is 19.6 Å². The normalized spacial score (nSPS) is 18.9. The largest absolute Gasteiger partial charge is 0.491 e. The van der Waals surface area contributed by atoms with Crippen LogP contribution in [-0.4, -0.2) is 41.9 Å². The molecule has 2 atom stereocenters. The van der Waals surface area contributed by atoms with Gasteiger partial charge in [0.15, 0.2) is 0 Å². The van der Waals surface area contributed by atoms with Crippen molar-refractivity contribution in [3.8, 4) is 5.75 Å². The Labute approximate surface area is 191 Å². The van der Waals surface area contributed by atoms with Crippen LogP contribution >= 0.6 is 0 Å². The summed E-state index contributed by atoms with van der Waals surface area (Å²) < 4.78 is 12.3. The molecule has 4 nitrogen and oxygen atoms in total. The lowest BCUT2D eigenvalue weighted by molar-refractivity contribution is -0.150. The summed E-state index contributed by atoms with van der Waals surface area (Å²) in [5.74, 6) is 0.814. The van der Waals surface area contributed by atoms with Gasteiger partial charge in [-0.1, -0.05) is 78.9 Å². The molecule has 0 aliphatic carbocycles. The number of benzene rings is 3. The van der Waals surface area contributed by atoms with Crippen LogP contribution in [0.2, 0.25) is 0 Å². The number of aliphatic hydroxyl groups is 1. The van der Waals surface area contributed by atoms with Crippen LogP contribution in [0.1, 0.15) is 30.5 Å². The van der Waals surface area contributed by atoms with E-state index in [2.05, 4.69) is 29.2 Å². The summed E-state index contributed by atoms with van der Waals surface area (Å²) in [6.07, 6.45) is 0.131. The van der Waals surface area contributed by atoms with Crippen LogP contribution in [0.3, 0.4) is 0 Å². The average molecular weight is 432 g/mol. The molecule has 3 aromatic carbocycles. The van der Waals surface area contributed by atoms with Gasteiger partial charge >= 0.3 is 0 Å². The average Bonchev–Trinajstić information content (AvgIpc) is 2.81. The maximum Gasteiger partial charge on any atom is 0.122 e. The van der Waals surface area contributed by atoms with E-state index in [4.69, 9.17) is 9.47 Å². The summed E-state index contributed by atoms with van der Waals surface area (Å²) in [6.45, 7) is 6.99. The highest BCUT2D eigenvalue weighted by molar-refractivity contribution is 5.37. The van der Waals surface area contributed by atoms with Crippen molar-refractivity contribution in [1.29, 1.82) is 0 Å². The number of rotatable bonds is 8. The van der Waals surface area contributed by atoms with Gasteiger partial charge in [0.05, 0.1) is 12.7 Å². The quantitative estimate of drug-likeness (QED) is 0.556. The summed E-state index contributed by atoms with van der Waals surface area (Å²) in [5, 5.41) is 12.2. The maximum atomic E-state index is 12.2. The molecular formula is C28H33NO3. The highest BCUT2D eigenvalue weighted by atomic mass is 16.5. The van der Waals surface area contributed by atoms with Crippen molar-refractivity contribution in [2.24, 2.45) is 0 Å². The lowest BCUT2D eigenvalue weighted by atomic mass is 9.81. The van der Waals surface area contributed by atoms with Gasteiger partial charge in [0, 0.05) is 26.1 Å². The summed E-state index contributed by atoms with van der Waals surface area (Å²) in [6, 6.07) is 28.4. The molecule has 0 spiro atoms. The van der Waals surface area contributed by atoms with Gasteiger partial charge in [-0.2, -0.15) is 0 Å². The van der Waals surface area contributed by atoms with E-state index in [1.165, 1.54) is 5.56 Å². The Morgan fingerprint density at radius 3 is 2.34 bits per heavy atom. The minimum Gasteiger partial charge on any atom is -0.491 e. The Morgan fingerprint density at radius 2 is 1.62 bits per heavy atom. The number of hydrogen-bond acceptors (Lipinski definition) is 4. The molecular weight excluding hydrogens is 398 g/mol. The van der Waals surface area contributed by atoms with E-state index in [9.17, 15) is 5.11 Å². The number of morpholine rings is 1. The number of nitrogens with zero attached hydrogens (tertiary/aromatic N) is 1. The number of ether oxygens (including phenoxy) is 2. The fourth-order valence-electron chi connectivity index (χ4n) is 4.41. The number of para-hydroxylation sites is 1. The predicted molar refractivity (Wildman–Crippen MR) is 128 cm³/mol. The van der Waals surface area contributed by atoms with Crippen molar-refractivity contribution >= 4 is 0 Å². The van der Waals surface area contributed by atoms with E-state index >= 15 is 0 Å². The molecule has 1 aliphatic rings. The molecule has 1 N–H and O–H groups in total. The smallest absolute Gasteiger partial charge is 0.122 e. The van der Waals surface area contributed by atoms with Gasteiger partial charge in [0.1, 0.15) is 17.5 Å².